The van der Waals surface area contributed by atoms with Crippen molar-refractivity contribution < 1.29 is 9.47 Å². The second-order valence-corrected chi connectivity index (χ2v) is 5.33. The van der Waals surface area contributed by atoms with Crippen LogP contribution in [0.5, 0.6) is 17.2 Å². The van der Waals surface area contributed by atoms with Crippen molar-refractivity contribution in [3.63, 3.8) is 0 Å². The highest BCUT2D eigenvalue weighted by Crippen LogP contribution is 2.36. The van der Waals surface area contributed by atoms with Crippen LogP contribution < -0.4 is 15.2 Å². The van der Waals surface area contributed by atoms with E-state index in [2.05, 4.69) is 6.92 Å². The van der Waals surface area contributed by atoms with Gasteiger partial charge in [-0.2, -0.15) is 0 Å². The van der Waals surface area contributed by atoms with E-state index in [1.165, 1.54) is 5.56 Å². The summed E-state index contributed by atoms with van der Waals surface area (Å²) in [6, 6.07) is 11.4. The predicted molar refractivity (Wildman–Crippen MR) is 86.5 cm³/mol. The fraction of sp³-hybridized carbons (Fsp3) is 0.294. The number of rotatable bonds is 5. The maximum absolute atomic E-state index is 6.26. The van der Waals surface area contributed by atoms with Gasteiger partial charge in [0.1, 0.15) is 5.75 Å². The number of ether oxygens (including phenoxy) is 2. The van der Waals surface area contributed by atoms with Gasteiger partial charge in [-0.3, -0.25) is 0 Å². The van der Waals surface area contributed by atoms with Crippen LogP contribution in [-0.2, 0) is 6.42 Å². The molecule has 0 unspecified atom stereocenters. The Kier molecular flexibility index (Phi) is 5.10. The van der Waals surface area contributed by atoms with Gasteiger partial charge in [-0.05, 0) is 48.7 Å². The number of hydrogen-bond acceptors (Lipinski definition) is 3. The molecule has 0 fully saturated rings. The minimum atomic E-state index is -0.0603. The Morgan fingerprint density at radius 1 is 1.10 bits per heavy atom. The number of hydrogen-bond donors (Lipinski definition) is 1. The smallest absolute Gasteiger partial charge is 0.169 e. The summed E-state index contributed by atoms with van der Waals surface area (Å²) in [6.45, 7) is 4.01. The summed E-state index contributed by atoms with van der Waals surface area (Å²) < 4.78 is 11.2. The molecule has 0 radical (unpaired) electrons. The number of benzene rings is 2. The second-order valence-electron chi connectivity index (χ2n) is 4.92. The summed E-state index contributed by atoms with van der Waals surface area (Å²) in [5.74, 6) is 1.93. The highest BCUT2D eigenvalue weighted by Gasteiger charge is 2.10. The molecule has 21 heavy (non-hydrogen) atoms. The van der Waals surface area contributed by atoms with Crippen molar-refractivity contribution in [1.82, 2.24) is 0 Å². The first-order valence-electron chi connectivity index (χ1n) is 6.95. The van der Waals surface area contributed by atoms with Crippen LogP contribution in [-0.4, -0.2) is 7.11 Å². The van der Waals surface area contributed by atoms with Crippen LogP contribution in [0, 0.1) is 0 Å². The van der Waals surface area contributed by atoms with Gasteiger partial charge in [-0.25, -0.2) is 0 Å². The molecule has 3 nitrogen and oxygen atoms in total. The summed E-state index contributed by atoms with van der Waals surface area (Å²) >= 11 is 6.26. The highest BCUT2D eigenvalue weighted by molar-refractivity contribution is 6.32. The minimum Gasteiger partial charge on any atom is -0.493 e. The SMILES string of the molecule is CCc1ccc(Oc2ccc([C@H](C)N)cc2Cl)c(OC)c1. The van der Waals surface area contributed by atoms with Crippen molar-refractivity contribution in [3.05, 3.63) is 52.5 Å². The van der Waals surface area contributed by atoms with Gasteiger partial charge in [0.05, 0.1) is 12.1 Å². The quantitative estimate of drug-likeness (QED) is 0.869. The highest BCUT2D eigenvalue weighted by atomic mass is 35.5. The molecule has 2 N–H and O–H groups in total. The van der Waals surface area contributed by atoms with Crippen LogP contribution >= 0.6 is 11.6 Å². The molecule has 2 rings (SSSR count). The maximum Gasteiger partial charge on any atom is 0.169 e. The van der Waals surface area contributed by atoms with Gasteiger partial charge in [0.15, 0.2) is 11.5 Å². The standard InChI is InChI=1S/C17H20ClNO2/c1-4-12-5-7-16(17(9-12)20-3)21-15-8-6-13(11(2)19)10-14(15)18/h5-11H,4,19H2,1-3H3/t11-/m0/s1. The number of nitrogens with two attached hydrogens (primary N) is 1. The topological polar surface area (TPSA) is 44.5 Å². The molecule has 0 aliphatic carbocycles. The molecule has 1 atom stereocenters. The lowest BCUT2D eigenvalue weighted by molar-refractivity contribution is 0.378. The molecule has 2 aromatic rings. The van der Waals surface area contributed by atoms with Crippen molar-refractivity contribution >= 4 is 11.6 Å². The third kappa shape index (κ3) is 3.69. The normalized spacial score (nSPS) is 12.0. The lowest BCUT2D eigenvalue weighted by Gasteiger charge is -2.14. The molecule has 0 amide bonds. The molecule has 0 aliphatic rings. The monoisotopic (exact) mass is 305 g/mol. The second kappa shape index (κ2) is 6.83. The van der Waals surface area contributed by atoms with Gasteiger partial charge in [-0.1, -0.05) is 30.7 Å². The molecular weight excluding hydrogens is 286 g/mol. The van der Waals surface area contributed by atoms with Crippen LogP contribution in [0.15, 0.2) is 36.4 Å². The maximum atomic E-state index is 6.26. The van der Waals surface area contributed by atoms with E-state index >= 15 is 0 Å². The predicted octanol–water partition coefficient (Wildman–Crippen LogP) is 4.72. The Labute approximate surface area is 130 Å². The van der Waals surface area contributed by atoms with Gasteiger partial charge >= 0.3 is 0 Å². The Hall–Kier alpha value is -1.71. The number of aryl methyl sites for hydroxylation is 1. The van der Waals surface area contributed by atoms with E-state index in [9.17, 15) is 0 Å². The number of methoxy groups -OCH3 is 1. The van der Waals surface area contributed by atoms with Gasteiger partial charge in [-0.15, -0.1) is 0 Å². The molecule has 0 bridgehead atoms. The summed E-state index contributed by atoms with van der Waals surface area (Å²) in [5.41, 5.74) is 8.01. The summed E-state index contributed by atoms with van der Waals surface area (Å²) in [6.07, 6.45) is 0.945. The first kappa shape index (κ1) is 15.7. The summed E-state index contributed by atoms with van der Waals surface area (Å²) in [4.78, 5) is 0. The molecule has 0 saturated heterocycles. The lowest BCUT2D eigenvalue weighted by Crippen LogP contribution is -2.04. The first-order valence-corrected chi connectivity index (χ1v) is 7.32. The fourth-order valence-electron chi connectivity index (χ4n) is 2.02. The molecule has 4 heteroatoms. The summed E-state index contributed by atoms with van der Waals surface area (Å²) in [5, 5.41) is 0.534. The molecule has 0 aromatic heterocycles. The van der Waals surface area contributed by atoms with Crippen LogP contribution in [0.1, 0.15) is 31.0 Å². The molecule has 0 aliphatic heterocycles. The third-order valence-electron chi connectivity index (χ3n) is 3.34. The van der Waals surface area contributed by atoms with E-state index in [0.717, 1.165) is 12.0 Å². The first-order chi connectivity index (χ1) is 10.0. The average Bonchev–Trinajstić information content (AvgIpc) is 2.49. The Balaban J connectivity index is 2.29. The number of halogens is 1. The molecule has 0 spiro atoms. The molecule has 0 saturated carbocycles. The van der Waals surface area contributed by atoms with Crippen LogP contribution in [0.4, 0.5) is 0 Å². The van der Waals surface area contributed by atoms with E-state index in [1.807, 2.05) is 43.3 Å². The van der Waals surface area contributed by atoms with Crippen LogP contribution in [0.25, 0.3) is 0 Å². The van der Waals surface area contributed by atoms with E-state index in [4.69, 9.17) is 26.8 Å². The van der Waals surface area contributed by atoms with Crippen molar-refractivity contribution in [2.75, 3.05) is 7.11 Å². The minimum absolute atomic E-state index is 0.0603. The third-order valence-corrected chi connectivity index (χ3v) is 3.63. The van der Waals surface area contributed by atoms with Crippen LogP contribution in [0.2, 0.25) is 5.02 Å². The van der Waals surface area contributed by atoms with E-state index in [0.29, 0.717) is 22.3 Å². The fourth-order valence-corrected chi connectivity index (χ4v) is 2.25. The zero-order valence-corrected chi connectivity index (χ0v) is 13.3. The zero-order chi connectivity index (χ0) is 15.4. The molecular formula is C17H20ClNO2. The largest absolute Gasteiger partial charge is 0.493 e. The average molecular weight is 306 g/mol. The zero-order valence-electron chi connectivity index (χ0n) is 12.5. The van der Waals surface area contributed by atoms with E-state index < -0.39 is 0 Å². The van der Waals surface area contributed by atoms with E-state index in [-0.39, 0.29) is 6.04 Å². The Bertz CT molecular complexity index is 626. The Morgan fingerprint density at radius 3 is 2.38 bits per heavy atom. The molecule has 0 heterocycles. The summed E-state index contributed by atoms with van der Waals surface area (Å²) in [7, 11) is 1.63. The van der Waals surface area contributed by atoms with Crippen molar-refractivity contribution in [2.45, 2.75) is 26.3 Å². The van der Waals surface area contributed by atoms with Gasteiger partial charge in [0.25, 0.3) is 0 Å². The Morgan fingerprint density at radius 2 is 1.81 bits per heavy atom. The van der Waals surface area contributed by atoms with Crippen molar-refractivity contribution in [2.24, 2.45) is 5.73 Å². The van der Waals surface area contributed by atoms with Crippen molar-refractivity contribution in [1.29, 1.82) is 0 Å². The van der Waals surface area contributed by atoms with Gasteiger partial charge in [0.2, 0.25) is 0 Å². The van der Waals surface area contributed by atoms with Gasteiger partial charge in [0, 0.05) is 6.04 Å². The van der Waals surface area contributed by atoms with Gasteiger partial charge < -0.3 is 15.2 Å². The molecule has 112 valence electrons. The van der Waals surface area contributed by atoms with Crippen molar-refractivity contribution in [3.8, 4) is 17.2 Å². The lowest BCUT2D eigenvalue weighted by atomic mass is 10.1. The van der Waals surface area contributed by atoms with E-state index in [1.54, 1.807) is 7.11 Å². The van der Waals surface area contributed by atoms with Crippen LogP contribution in [0.3, 0.4) is 0 Å². The molecule has 2 aromatic carbocycles.